The molecule has 1 saturated heterocycles. The lowest BCUT2D eigenvalue weighted by atomic mass is 10.0. The smallest absolute Gasteiger partial charge is 0.234 e. The Hall–Kier alpha value is -0.900. The van der Waals surface area contributed by atoms with E-state index in [1.807, 2.05) is 6.92 Å². The van der Waals surface area contributed by atoms with E-state index < -0.39 is 0 Å². The van der Waals surface area contributed by atoms with Crippen molar-refractivity contribution in [2.24, 2.45) is 0 Å². The Balaban J connectivity index is 2.54. The molecule has 1 heterocycles. The zero-order valence-corrected chi connectivity index (χ0v) is 12.6. The minimum atomic E-state index is 0.0878. The topological polar surface area (TPSA) is 49.4 Å². The van der Waals surface area contributed by atoms with Crippen molar-refractivity contribution in [2.45, 2.75) is 71.4 Å². The van der Waals surface area contributed by atoms with E-state index >= 15 is 0 Å². The quantitative estimate of drug-likeness (QED) is 0.803. The number of amides is 1. The highest BCUT2D eigenvalue weighted by Gasteiger charge is 2.24. The molecule has 19 heavy (non-hydrogen) atoms. The zero-order chi connectivity index (χ0) is 14.3. The number of hydrogen-bond acceptors (Lipinski definition) is 3. The van der Waals surface area contributed by atoms with Crippen molar-refractivity contribution in [3.63, 3.8) is 0 Å². The Bertz CT molecular complexity index is 305. The van der Waals surface area contributed by atoms with E-state index in [1.54, 1.807) is 6.92 Å². The molecule has 1 aliphatic rings. The highest BCUT2D eigenvalue weighted by atomic mass is 16.2. The van der Waals surface area contributed by atoms with Gasteiger partial charge in [-0.2, -0.15) is 0 Å². The fourth-order valence-corrected chi connectivity index (χ4v) is 2.61. The van der Waals surface area contributed by atoms with Crippen molar-refractivity contribution in [1.82, 2.24) is 10.2 Å². The summed E-state index contributed by atoms with van der Waals surface area (Å²) in [6.07, 6.45) is 6.07. The Kier molecular flexibility index (Phi) is 7.06. The lowest BCUT2D eigenvalue weighted by Gasteiger charge is -2.29. The Morgan fingerprint density at radius 3 is 2.68 bits per heavy atom. The van der Waals surface area contributed by atoms with Gasteiger partial charge in [0, 0.05) is 18.5 Å². The predicted molar refractivity (Wildman–Crippen MR) is 77.0 cm³/mol. The molecule has 1 fully saturated rings. The average Bonchev–Trinajstić information content (AvgIpc) is 2.54. The van der Waals surface area contributed by atoms with Gasteiger partial charge < -0.3 is 5.32 Å². The highest BCUT2D eigenvalue weighted by molar-refractivity contribution is 5.79. The molecule has 0 radical (unpaired) electrons. The second-order valence-electron chi connectivity index (χ2n) is 5.76. The first-order chi connectivity index (χ1) is 9.02. The second kappa shape index (κ2) is 8.31. The molecule has 2 atom stereocenters. The summed E-state index contributed by atoms with van der Waals surface area (Å²) in [6.45, 7) is 7.10. The molecule has 1 aliphatic heterocycles. The fraction of sp³-hybridized carbons (Fsp3) is 0.867. The van der Waals surface area contributed by atoms with E-state index in [-0.39, 0.29) is 23.8 Å². The number of likely N-dealkylation sites (tertiary alicyclic amines) is 1. The zero-order valence-electron chi connectivity index (χ0n) is 12.6. The van der Waals surface area contributed by atoms with Crippen LogP contribution in [0.15, 0.2) is 0 Å². The van der Waals surface area contributed by atoms with Crippen LogP contribution in [0, 0.1) is 0 Å². The first kappa shape index (κ1) is 16.2. The highest BCUT2D eigenvalue weighted by Crippen LogP contribution is 2.19. The van der Waals surface area contributed by atoms with Crippen molar-refractivity contribution < 1.29 is 9.59 Å². The number of nitrogens with zero attached hydrogens (tertiary/aromatic N) is 1. The van der Waals surface area contributed by atoms with E-state index in [4.69, 9.17) is 0 Å². The maximum atomic E-state index is 12.0. The minimum Gasteiger partial charge on any atom is -0.353 e. The second-order valence-corrected chi connectivity index (χ2v) is 5.76. The fourth-order valence-electron chi connectivity index (χ4n) is 2.61. The third-order valence-electron chi connectivity index (χ3n) is 3.89. The van der Waals surface area contributed by atoms with Crippen LogP contribution in [0.1, 0.15) is 59.3 Å². The van der Waals surface area contributed by atoms with Crippen LogP contribution >= 0.6 is 0 Å². The first-order valence-corrected chi connectivity index (χ1v) is 7.55. The first-order valence-electron chi connectivity index (χ1n) is 7.55. The van der Waals surface area contributed by atoms with Crippen molar-refractivity contribution in [2.75, 3.05) is 13.1 Å². The van der Waals surface area contributed by atoms with Crippen molar-refractivity contribution in [3.8, 4) is 0 Å². The normalized spacial score (nSPS) is 22.6. The molecule has 1 amide bonds. The molecule has 2 unspecified atom stereocenters. The van der Waals surface area contributed by atoms with Crippen molar-refractivity contribution in [3.05, 3.63) is 0 Å². The summed E-state index contributed by atoms with van der Waals surface area (Å²) in [4.78, 5) is 25.5. The lowest BCUT2D eigenvalue weighted by molar-refractivity contribution is -0.125. The van der Waals surface area contributed by atoms with Gasteiger partial charge in [0.1, 0.15) is 5.78 Å². The van der Waals surface area contributed by atoms with Crippen molar-refractivity contribution in [1.29, 1.82) is 0 Å². The van der Waals surface area contributed by atoms with Gasteiger partial charge in [0.25, 0.3) is 0 Å². The minimum absolute atomic E-state index is 0.0878. The molecule has 0 aromatic heterocycles. The molecule has 4 heteroatoms. The van der Waals surface area contributed by atoms with Gasteiger partial charge in [-0.05, 0) is 39.7 Å². The van der Waals surface area contributed by atoms with Gasteiger partial charge in [-0.25, -0.2) is 0 Å². The summed E-state index contributed by atoms with van der Waals surface area (Å²) in [5, 5.41) is 3.01. The molecule has 0 spiro atoms. The Labute approximate surface area is 116 Å². The molecule has 1 N–H and O–H groups in total. The van der Waals surface area contributed by atoms with Crippen LogP contribution in [0.3, 0.4) is 0 Å². The van der Waals surface area contributed by atoms with Gasteiger partial charge in [0.2, 0.25) is 5.91 Å². The summed E-state index contributed by atoms with van der Waals surface area (Å²) in [7, 11) is 0. The average molecular weight is 268 g/mol. The van der Waals surface area contributed by atoms with Crippen LogP contribution in [0.5, 0.6) is 0 Å². The third kappa shape index (κ3) is 6.19. The number of ketones is 1. The summed E-state index contributed by atoms with van der Waals surface area (Å²) in [6, 6.07) is 0.480. The standard InChI is InChI=1S/C15H28N2O2/c1-4-12(2)16-15(19)11-17-9-7-5-6-8-14(17)10-13(3)18/h12,14H,4-11H2,1-3H3,(H,16,19). The van der Waals surface area contributed by atoms with Crippen LogP contribution < -0.4 is 5.32 Å². The van der Waals surface area contributed by atoms with Gasteiger partial charge in [-0.1, -0.05) is 19.8 Å². The van der Waals surface area contributed by atoms with Gasteiger partial charge in [0.15, 0.2) is 0 Å². The summed E-state index contributed by atoms with van der Waals surface area (Å²) in [5.74, 6) is 0.309. The predicted octanol–water partition coefficient (Wildman–Crippen LogP) is 2.12. The number of carbonyl (C=O) groups is 2. The Morgan fingerprint density at radius 2 is 2.05 bits per heavy atom. The van der Waals surface area contributed by atoms with Gasteiger partial charge in [-0.15, -0.1) is 0 Å². The van der Waals surface area contributed by atoms with Gasteiger partial charge in [-0.3, -0.25) is 14.5 Å². The summed E-state index contributed by atoms with van der Waals surface area (Å²) >= 11 is 0. The number of Topliss-reactive ketones (excluding diaryl/α,β-unsaturated/α-hetero) is 1. The van der Waals surface area contributed by atoms with Crippen LogP contribution in [0.25, 0.3) is 0 Å². The van der Waals surface area contributed by atoms with Crippen LogP contribution in [0.2, 0.25) is 0 Å². The van der Waals surface area contributed by atoms with Crippen LogP contribution in [-0.4, -0.2) is 41.8 Å². The maximum absolute atomic E-state index is 12.0. The van der Waals surface area contributed by atoms with E-state index in [0.717, 1.165) is 25.8 Å². The van der Waals surface area contributed by atoms with Crippen LogP contribution in [-0.2, 0) is 9.59 Å². The molecule has 0 bridgehead atoms. The Morgan fingerprint density at radius 1 is 1.32 bits per heavy atom. The molecule has 0 aliphatic carbocycles. The van der Waals surface area contributed by atoms with E-state index in [0.29, 0.717) is 13.0 Å². The number of hydrogen-bond donors (Lipinski definition) is 1. The summed E-state index contributed by atoms with van der Waals surface area (Å²) < 4.78 is 0. The summed E-state index contributed by atoms with van der Waals surface area (Å²) in [5.41, 5.74) is 0. The molecular weight excluding hydrogens is 240 g/mol. The molecular formula is C15H28N2O2. The molecule has 0 aromatic rings. The van der Waals surface area contributed by atoms with E-state index in [2.05, 4.69) is 17.1 Å². The SMILES string of the molecule is CCC(C)NC(=O)CN1CCCCCC1CC(C)=O. The molecule has 4 nitrogen and oxygen atoms in total. The largest absolute Gasteiger partial charge is 0.353 e. The molecule has 0 aromatic carbocycles. The third-order valence-corrected chi connectivity index (χ3v) is 3.89. The number of nitrogens with one attached hydrogen (secondary N) is 1. The van der Waals surface area contributed by atoms with Crippen molar-refractivity contribution >= 4 is 11.7 Å². The number of rotatable bonds is 6. The molecule has 110 valence electrons. The maximum Gasteiger partial charge on any atom is 0.234 e. The molecule has 1 rings (SSSR count). The van der Waals surface area contributed by atoms with Gasteiger partial charge in [0.05, 0.1) is 6.54 Å². The monoisotopic (exact) mass is 268 g/mol. The van der Waals surface area contributed by atoms with E-state index in [9.17, 15) is 9.59 Å². The lowest BCUT2D eigenvalue weighted by Crippen LogP contribution is -2.45. The number of carbonyl (C=O) groups excluding carboxylic acids is 2. The van der Waals surface area contributed by atoms with Crippen LogP contribution in [0.4, 0.5) is 0 Å². The van der Waals surface area contributed by atoms with Gasteiger partial charge >= 0.3 is 0 Å². The van der Waals surface area contributed by atoms with E-state index in [1.165, 1.54) is 12.8 Å². The molecule has 0 saturated carbocycles.